The van der Waals surface area contributed by atoms with Gasteiger partial charge in [-0.05, 0) is 55.2 Å². The quantitative estimate of drug-likeness (QED) is 0.0331. The van der Waals surface area contributed by atoms with E-state index in [1.807, 2.05) is 44.4 Å². The first-order valence-electron chi connectivity index (χ1n) is 22.9. The number of nitrogens with one attached hydrogen (secondary N) is 11. The highest BCUT2D eigenvalue weighted by molar-refractivity contribution is 7.98. The third-order valence-corrected chi connectivity index (χ3v) is 11.7. The van der Waals surface area contributed by atoms with Crippen LogP contribution in [0.4, 0.5) is 0 Å². The number of fused-ring (bicyclic) bond motifs is 1. The van der Waals surface area contributed by atoms with Gasteiger partial charge in [0.25, 0.3) is 0 Å². The summed E-state index contributed by atoms with van der Waals surface area (Å²) in [6, 6.07) is -0.649. The minimum atomic E-state index is -1.25. The zero-order valence-electron chi connectivity index (χ0n) is 40.4. The molecule has 0 radical (unpaired) electrons. The number of H-pyrrole nitrogens is 3. The lowest BCUT2D eigenvalue weighted by Gasteiger charge is -2.26. The van der Waals surface area contributed by atoms with Crippen molar-refractivity contribution in [1.29, 1.82) is 0 Å². The predicted molar refractivity (Wildman–Crippen MR) is 261 cm³/mol. The van der Waals surface area contributed by atoms with E-state index in [1.54, 1.807) is 20.0 Å². The van der Waals surface area contributed by atoms with Gasteiger partial charge in [-0.15, -0.1) is 0 Å². The van der Waals surface area contributed by atoms with Crippen LogP contribution in [0.5, 0.6) is 0 Å². The second kappa shape index (κ2) is 27.1. The lowest BCUT2D eigenvalue weighted by Crippen LogP contribution is -2.59. The van der Waals surface area contributed by atoms with Gasteiger partial charge in [0.1, 0.15) is 42.3 Å². The van der Waals surface area contributed by atoms with Gasteiger partial charge in [-0.2, -0.15) is 11.8 Å². The summed E-state index contributed by atoms with van der Waals surface area (Å²) in [5.74, 6) is -6.19. The van der Waals surface area contributed by atoms with Crippen molar-refractivity contribution in [3.63, 3.8) is 0 Å². The summed E-state index contributed by atoms with van der Waals surface area (Å²) in [6.45, 7) is 9.09. The molecule has 0 aliphatic heterocycles. The molecular formula is C46H66N14O9S. The maximum atomic E-state index is 14.0. The van der Waals surface area contributed by atoms with E-state index in [2.05, 4.69) is 67.5 Å². The number of hydrogen-bond acceptors (Lipinski definition) is 12. The fraction of sp³-hybridized carbons (Fsp3) is 0.500. The number of primary amides is 1. The van der Waals surface area contributed by atoms with Crippen LogP contribution in [0.3, 0.4) is 0 Å². The summed E-state index contributed by atoms with van der Waals surface area (Å²) in [5, 5.41) is 21.9. The number of imidazole rings is 2. The molecule has 0 saturated heterocycles. The Balaban J connectivity index is 1.42. The van der Waals surface area contributed by atoms with E-state index in [0.29, 0.717) is 22.7 Å². The normalized spacial score (nSPS) is 14.2. The van der Waals surface area contributed by atoms with Crippen molar-refractivity contribution < 1.29 is 43.2 Å². The van der Waals surface area contributed by atoms with Gasteiger partial charge in [-0.25, -0.2) is 9.97 Å². The summed E-state index contributed by atoms with van der Waals surface area (Å²) in [4.78, 5) is 137. The van der Waals surface area contributed by atoms with Gasteiger partial charge in [0.2, 0.25) is 53.2 Å². The molecule has 7 atom stereocenters. The first-order chi connectivity index (χ1) is 33.3. The number of nitrogens with zero attached hydrogens (tertiary/aromatic N) is 2. The van der Waals surface area contributed by atoms with Gasteiger partial charge in [-0.3, -0.25) is 43.2 Å². The maximum Gasteiger partial charge on any atom is 0.243 e. The number of amides is 9. The van der Waals surface area contributed by atoms with E-state index >= 15 is 0 Å². The molecule has 1 aromatic carbocycles. The van der Waals surface area contributed by atoms with Crippen molar-refractivity contribution in [1.82, 2.24) is 67.5 Å². The Hall–Kier alpha value is -7.24. The lowest BCUT2D eigenvalue weighted by molar-refractivity contribution is -0.135. The van der Waals surface area contributed by atoms with Crippen LogP contribution in [0.2, 0.25) is 0 Å². The molecule has 13 N–H and O–H groups in total. The fourth-order valence-corrected chi connectivity index (χ4v) is 7.85. The predicted octanol–water partition coefficient (Wildman–Crippen LogP) is -0.868. The molecule has 4 rings (SSSR count). The van der Waals surface area contributed by atoms with E-state index in [0.717, 1.165) is 10.9 Å². The molecule has 7 unspecified atom stereocenters. The van der Waals surface area contributed by atoms with E-state index in [4.69, 9.17) is 5.73 Å². The highest BCUT2D eigenvalue weighted by Gasteiger charge is 2.33. The monoisotopic (exact) mass is 990 g/mol. The minimum Gasteiger partial charge on any atom is -0.368 e. The van der Waals surface area contributed by atoms with E-state index in [1.165, 1.54) is 50.7 Å². The van der Waals surface area contributed by atoms with Crippen molar-refractivity contribution >= 4 is 75.8 Å². The molecule has 0 aliphatic rings. The number of benzene rings is 1. The molecule has 23 nitrogen and oxygen atoms in total. The van der Waals surface area contributed by atoms with Crippen LogP contribution in [0.15, 0.2) is 55.5 Å². The zero-order valence-corrected chi connectivity index (χ0v) is 41.2. The number of hydrogen-bond donors (Lipinski definition) is 12. The van der Waals surface area contributed by atoms with Crippen LogP contribution in [-0.2, 0) is 62.4 Å². The summed E-state index contributed by atoms with van der Waals surface area (Å²) in [5.41, 5.74) is 8.07. The first-order valence-corrected chi connectivity index (χ1v) is 24.3. The molecule has 0 spiro atoms. The van der Waals surface area contributed by atoms with Gasteiger partial charge < -0.3 is 63.2 Å². The zero-order chi connectivity index (χ0) is 51.5. The van der Waals surface area contributed by atoms with Crippen LogP contribution in [-0.4, -0.2) is 139 Å². The summed E-state index contributed by atoms with van der Waals surface area (Å²) in [7, 11) is 0. The van der Waals surface area contributed by atoms with Crippen molar-refractivity contribution in [2.45, 2.75) is 116 Å². The Labute approximate surface area is 409 Å². The summed E-state index contributed by atoms with van der Waals surface area (Å²) < 4.78 is 0. The molecule has 24 heteroatoms. The number of aromatic amines is 3. The van der Waals surface area contributed by atoms with Crippen LogP contribution >= 0.6 is 11.8 Å². The number of thioether (sulfide) groups is 1. The fourth-order valence-electron chi connectivity index (χ4n) is 7.38. The average Bonchev–Trinajstić information content (AvgIpc) is 4.11. The van der Waals surface area contributed by atoms with Gasteiger partial charge in [-0.1, -0.05) is 45.9 Å². The van der Waals surface area contributed by atoms with Gasteiger partial charge in [0, 0.05) is 67.1 Å². The number of carbonyl (C=O) groups is 9. The molecule has 3 heterocycles. The van der Waals surface area contributed by atoms with Crippen LogP contribution in [0.1, 0.15) is 71.3 Å². The molecule has 0 saturated carbocycles. The van der Waals surface area contributed by atoms with Gasteiger partial charge >= 0.3 is 0 Å². The third-order valence-electron chi connectivity index (χ3n) is 11.1. The SMILES string of the molecule is CSCCC(NC(=O)C(CC(C)C)NC(=O)C(Cc1cnc[nH]1)NC(=O)CNC(=O)C(NC(=O)C(C)NC(=O)C(Cc1c[nH]c2ccccc12)NC(=O)C(Cc1cnc[nH]1)NC(C)=O)C(C)C)C(N)=O. The number of para-hydroxylation sites is 1. The van der Waals surface area contributed by atoms with Crippen LogP contribution < -0.4 is 48.3 Å². The topological polar surface area (TPSA) is 349 Å². The molecule has 0 fully saturated rings. The average molecular weight is 991 g/mol. The van der Waals surface area contributed by atoms with Gasteiger partial charge in [0.05, 0.1) is 19.2 Å². The van der Waals surface area contributed by atoms with Crippen LogP contribution in [0.25, 0.3) is 10.9 Å². The lowest BCUT2D eigenvalue weighted by atomic mass is 10.0. The standard InChI is InChI=1S/C46H66N14O9S/c1-24(2)14-34(43(66)57-33(40(47)63)12-13-70-7)58-45(68)37(17-30-20-49-23-53-30)56-38(62)21-51-46(69)39(25(3)4)60-41(64)26(5)54-42(65)35(15-28-18-50-32-11-9-8-10-31(28)32)59-44(67)36(55-27(6)61)16-29-19-48-22-52-29/h8-11,18-20,22-26,33-37,39,50H,12-17,21H2,1-7H3,(H2,47,63)(H,48,52)(H,49,53)(H,51,69)(H,54,65)(H,55,61)(H,56,62)(H,57,66)(H,58,68)(H,59,67)(H,60,64). The van der Waals surface area contributed by atoms with Crippen molar-refractivity contribution in [3.05, 3.63) is 72.5 Å². The van der Waals surface area contributed by atoms with E-state index < -0.39 is 108 Å². The molecule has 70 heavy (non-hydrogen) atoms. The molecule has 0 aliphatic carbocycles. The molecule has 380 valence electrons. The highest BCUT2D eigenvalue weighted by atomic mass is 32.2. The van der Waals surface area contributed by atoms with Gasteiger partial charge in [0.15, 0.2) is 0 Å². The van der Waals surface area contributed by atoms with Crippen molar-refractivity contribution in [3.8, 4) is 0 Å². The number of nitrogens with two attached hydrogens (primary N) is 1. The Morgan fingerprint density at radius 1 is 0.643 bits per heavy atom. The minimum absolute atomic E-state index is 0.00000345. The van der Waals surface area contributed by atoms with E-state index in [-0.39, 0.29) is 38.0 Å². The smallest absolute Gasteiger partial charge is 0.243 e. The number of aromatic nitrogens is 5. The van der Waals surface area contributed by atoms with E-state index in [9.17, 15) is 43.2 Å². The summed E-state index contributed by atoms with van der Waals surface area (Å²) in [6.07, 6.45) is 9.83. The molecular weight excluding hydrogens is 925 g/mol. The Bertz CT molecular complexity index is 2410. The van der Waals surface area contributed by atoms with Crippen LogP contribution in [0, 0.1) is 11.8 Å². The Kier molecular flexibility index (Phi) is 21.4. The summed E-state index contributed by atoms with van der Waals surface area (Å²) >= 11 is 1.48. The first kappa shape index (κ1) is 55.4. The van der Waals surface area contributed by atoms with Crippen molar-refractivity contribution in [2.75, 3.05) is 18.6 Å². The number of rotatable bonds is 28. The molecule has 3 aromatic heterocycles. The Morgan fingerprint density at radius 3 is 1.76 bits per heavy atom. The Morgan fingerprint density at radius 2 is 1.20 bits per heavy atom. The largest absolute Gasteiger partial charge is 0.368 e. The third kappa shape index (κ3) is 17.4. The molecule has 9 amide bonds. The number of carbonyl (C=O) groups excluding carboxylic acids is 9. The molecule has 0 bridgehead atoms. The second-order valence-electron chi connectivity index (χ2n) is 17.7. The van der Waals surface area contributed by atoms with Crippen molar-refractivity contribution in [2.24, 2.45) is 17.6 Å². The molecule has 4 aromatic rings. The second-order valence-corrected chi connectivity index (χ2v) is 18.7. The maximum absolute atomic E-state index is 14.0. The highest BCUT2D eigenvalue weighted by Crippen LogP contribution is 2.20.